The lowest BCUT2D eigenvalue weighted by atomic mass is 9.82. The lowest BCUT2D eigenvalue weighted by Gasteiger charge is -2.23. The van der Waals surface area contributed by atoms with Gasteiger partial charge in [-0.1, -0.05) is 108 Å². The lowest BCUT2D eigenvalue weighted by Crippen LogP contribution is -2.14. The Kier molecular flexibility index (Phi) is 5.42. The second-order valence-electron chi connectivity index (χ2n) is 11.8. The minimum absolute atomic E-state index is 0.00785. The molecule has 2 heteroatoms. The second-order valence-corrected chi connectivity index (χ2v) is 11.8. The molecule has 1 heterocycles. The Labute approximate surface area is 221 Å². The molecule has 1 aromatic heterocycles. The number of aromatic nitrogens is 2. The molecule has 5 aromatic rings. The zero-order chi connectivity index (χ0) is 26.1. The minimum Gasteiger partial charge on any atom is -0.292 e. The highest BCUT2D eigenvalue weighted by Gasteiger charge is 2.35. The molecule has 37 heavy (non-hydrogen) atoms. The van der Waals surface area contributed by atoms with E-state index in [1.165, 1.54) is 44.6 Å². The van der Waals surface area contributed by atoms with Crippen molar-refractivity contribution in [2.24, 2.45) is 0 Å². The zero-order valence-corrected chi connectivity index (χ0v) is 23.1. The van der Waals surface area contributed by atoms with E-state index in [1.807, 2.05) is 0 Å². The summed E-state index contributed by atoms with van der Waals surface area (Å²) in [6.45, 7) is 16.0. The van der Waals surface area contributed by atoms with Crippen molar-refractivity contribution in [2.75, 3.05) is 0 Å². The molecule has 0 atom stereocenters. The maximum Gasteiger partial charge on any atom is 0.145 e. The molecule has 0 saturated heterocycles. The highest BCUT2D eigenvalue weighted by atomic mass is 15.1. The van der Waals surface area contributed by atoms with Gasteiger partial charge in [0.1, 0.15) is 5.82 Å². The van der Waals surface area contributed by atoms with Crippen molar-refractivity contribution in [1.29, 1.82) is 0 Å². The van der Waals surface area contributed by atoms with Gasteiger partial charge in [-0.2, -0.15) is 0 Å². The average Bonchev–Trinajstić information content (AvgIpc) is 3.36. The van der Waals surface area contributed by atoms with Gasteiger partial charge in [-0.05, 0) is 70.3 Å². The van der Waals surface area contributed by atoms with E-state index in [-0.39, 0.29) is 5.41 Å². The van der Waals surface area contributed by atoms with Crippen LogP contribution in [0.5, 0.6) is 0 Å². The number of fused-ring (bicyclic) bond motifs is 4. The van der Waals surface area contributed by atoms with E-state index in [0.29, 0.717) is 11.8 Å². The first-order valence-corrected chi connectivity index (χ1v) is 13.6. The van der Waals surface area contributed by atoms with Crippen LogP contribution in [0, 0.1) is 6.92 Å². The number of aryl methyl sites for hydroxylation is 1. The van der Waals surface area contributed by atoms with Crippen molar-refractivity contribution in [3.63, 3.8) is 0 Å². The minimum atomic E-state index is -0.00785. The summed E-state index contributed by atoms with van der Waals surface area (Å²) >= 11 is 0. The number of benzene rings is 4. The van der Waals surface area contributed by atoms with Gasteiger partial charge in [-0.15, -0.1) is 0 Å². The predicted octanol–water partition coefficient (Wildman–Crippen LogP) is 9.55. The molecule has 186 valence electrons. The first-order valence-electron chi connectivity index (χ1n) is 13.6. The lowest BCUT2D eigenvalue weighted by molar-refractivity contribution is 0.660. The summed E-state index contributed by atoms with van der Waals surface area (Å²) in [6, 6.07) is 29.2. The maximum absolute atomic E-state index is 5.26. The Bertz CT molecular complexity index is 1640. The van der Waals surface area contributed by atoms with E-state index in [0.717, 1.165) is 22.4 Å². The SMILES string of the molecule is Cc1ccc2c(c1)-c1cc(-c3nc4ccccc4n3-c3c(C(C)C)cccc3C(C)C)ccc1C2(C)C. The highest BCUT2D eigenvalue weighted by Crippen LogP contribution is 2.50. The summed E-state index contributed by atoms with van der Waals surface area (Å²) in [4.78, 5) is 5.26. The number of para-hydroxylation sites is 3. The summed E-state index contributed by atoms with van der Waals surface area (Å²) in [5.41, 5.74) is 14.1. The van der Waals surface area contributed by atoms with Gasteiger partial charge in [0, 0.05) is 11.0 Å². The monoisotopic (exact) mass is 484 g/mol. The molecule has 0 bridgehead atoms. The quantitative estimate of drug-likeness (QED) is 0.248. The first-order chi connectivity index (χ1) is 17.7. The number of nitrogens with zero attached hydrogens (tertiary/aromatic N) is 2. The fourth-order valence-corrected chi connectivity index (χ4v) is 6.24. The normalized spacial score (nSPS) is 14.0. The Morgan fingerprint density at radius 3 is 2.00 bits per heavy atom. The number of hydrogen-bond acceptors (Lipinski definition) is 1. The molecule has 0 spiro atoms. The van der Waals surface area contributed by atoms with Crippen molar-refractivity contribution in [1.82, 2.24) is 9.55 Å². The van der Waals surface area contributed by atoms with E-state index >= 15 is 0 Å². The molecule has 0 radical (unpaired) electrons. The van der Waals surface area contributed by atoms with Crippen molar-refractivity contribution in [3.8, 4) is 28.2 Å². The van der Waals surface area contributed by atoms with Crippen molar-refractivity contribution in [2.45, 2.75) is 65.7 Å². The van der Waals surface area contributed by atoms with Gasteiger partial charge >= 0.3 is 0 Å². The van der Waals surface area contributed by atoms with E-state index in [4.69, 9.17) is 4.98 Å². The van der Waals surface area contributed by atoms with Crippen molar-refractivity contribution in [3.05, 3.63) is 107 Å². The Balaban J connectivity index is 1.67. The summed E-state index contributed by atoms with van der Waals surface area (Å²) in [5.74, 6) is 1.81. The number of rotatable bonds is 4. The van der Waals surface area contributed by atoms with Crippen LogP contribution < -0.4 is 0 Å². The molecule has 0 unspecified atom stereocenters. The summed E-state index contributed by atoms with van der Waals surface area (Å²) in [5, 5.41) is 0. The highest BCUT2D eigenvalue weighted by molar-refractivity contribution is 5.88. The van der Waals surface area contributed by atoms with Crippen LogP contribution in [0.3, 0.4) is 0 Å². The van der Waals surface area contributed by atoms with Crippen molar-refractivity contribution >= 4 is 11.0 Å². The smallest absolute Gasteiger partial charge is 0.145 e. The zero-order valence-electron chi connectivity index (χ0n) is 23.1. The summed E-state index contributed by atoms with van der Waals surface area (Å²) < 4.78 is 2.43. The van der Waals surface area contributed by atoms with Crippen LogP contribution in [0.2, 0.25) is 0 Å². The van der Waals surface area contributed by atoms with E-state index in [1.54, 1.807) is 0 Å². The average molecular weight is 485 g/mol. The molecule has 1 aliphatic rings. The summed E-state index contributed by atoms with van der Waals surface area (Å²) in [7, 11) is 0. The van der Waals surface area contributed by atoms with Gasteiger partial charge < -0.3 is 0 Å². The van der Waals surface area contributed by atoms with Crippen LogP contribution >= 0.6 is 0 Å². The molecule has 2 nitrogen and oxygen atoms in total. The van der Waals surface area contributed by atoms with Crippen LogP contribution in [-0.4, -0.2) is 9.55 Å². The third-order valence-corrected chi connectivity index (χ3v) is 8.22. The van der Waals surface area contributed by atoms with Gasteiger partial charge in [0.2, 0.25) is 0 Å². The van der Waals surface area contributed by atoms with Gasteiger partial charge in [0.05, 0.1) is 16.7 Å². The molecule has 1 aliphatic carbocycles. The Morgan fingerprint density at radius 1 is 0.703 bits per heavy atom. The van der Waals surface area contributed by atoms with E-state index in [2.05, 4.69) is 132 Å². The fraction of sp³-hybridized carbons (Fsp3) is 0.286. The molecule has 0 fully saturated rings. The predicted molar refractivity (Wildman–Crippen MR) is 157 cm³/mol. The molecule has 6 rings (SSSR count). The van der Waals surface area contributed by atoms with Gasteiger partial charge in [0.15, 0.2) is 0 Å². The number of hydrogen-bond donors (Lipinski definition) is 0. The standard InChI is InChI=1S/C35H36N2/c1-21(2)25-11-10-12-26(22(3)4)33(25)37-32-14-9-8-13-31(32)36-34(37)24-16-18-30-28(20-24)27-19-23(5)15-17-29(27)35(30,6)7/h8-22H,1-7H3. The third-order valence-electron chi connectivity index (χ3n) is 8.22. The molecular formula is C35H36N2. The Hall–Kier alpha value is -3.65. The molecule has 0 N–H and O–H groups in total. The molecular weight excluding hydrogens is 448 g/mol. The molecule has 4 aromatic carbocycles. The van der Waals surface area contributed by atoms with E-state index in [9.17, 15) is 0 Å². The van der Waals surface area contributed by atoms with Gasteiger partial charge in [0.25, 0.3) is 0 Å². The Morgan fingerprint density at radius 2 is 1.32 bits per heavy atom. The summed E-state index contributed by atoms with van der Waals surface area (Å²) in [6.07, 6.45) is 0. The van der Waals surface area contributed by atoms with Gasteiger partial charge in [-0.25, -0.2) is 4.98 Å². The van der Waals surface area contributed by atoms with Crippen LogP contribution in [0.1, 0.15) is 81.2 Å². The fourth-order valence-electron chi connectivity index (χ4n) is 6.24. The number of imidazole rings is 1. The van der Waals surface area contributed by atoms with Crippen LogP contribution in [0.25, 0.3) is 39.2 Å². The second kappa shape index (κ2) is 8.45. The maximum atomic E-state index is 5.26. The van der Waals surface area contributed by atoms with Crippen molar-refractivity contribution < 1.29 is 0 Å². The van der Waals surface area contributed by atoms with Crippen LogP contribution in [0.4, 0.5) is 0 Å². The third kappa shape index (κ3) is 3.57. The van der Waals surface area contributed by atoms with Crippen LogP contribution in [-0.2, 0) is 5.41 Å². The molecule has 0 amide bonds. The largest absolute Gasteiger partial charge is 0.292 e. The van der Waals surface area contributed by atoms with Gasteiger partial charge in [-0.3, -0.25) is 4.57 Å². The first kappa shape index (κ1) is 23.7. The molecule has 0 saturated carbocycles. The van der Waals surface area contributed by atoms with E-state index < -0.39 is 0 Å². The molecule has 0 aliphatic heterocycles. The topological polar surface area (TPSA) is 17.8 Å². The van der Waals surface area contributed by atoms with Crippen LogP contribution in [0.15, 0.2) is 78.9 Å².